The van der Waals surface area contributed by atoms with Crippen molar-refractivity contribution in [3.8, 4) is 0 Å². The molecule has 0 saturated heterocycles. The Balaban J connectivity index is 1.67. The van der Waals surface area contributed by atoms with Crippen molar-refractivity contribution in [3.63, 3.8) is 0 Å². The van der Waals surface area contributed by atoms with E-state index in [0.29, 0.717) is 19.3 Å². The first-order chi connectivity index (χ1) is 14.0. The van der Waals surface area contributed by atoms with Crippen LogP contribution in [0.15, 0.2) is 91.0 Å². The molecule has 4 rings (SSSR count). The molecule has 29 heavy (non-hydrogen) atoms. The van der Waals surface area contributed by atoms with Gasteiger partial charge in [-0.15, -0.1) is 0 Å². The maximum Gasteiger partial charge on any atom is 0.0768 e. The molecule has 0 radical (unpaired) electrons. The molecule has 4 aromatic rings. The van der Waals surface area contributed by atoms with Gasteiger partial charge in [0.15, 0.2) is 0 Å². The third kappa shape index (κ3) is 4.93. The molecule has 0 heterocycles. The summed E-state index contributed by atoms with van der Waals surface area (Å²) in [5.74, 6) is 0. The fourth-order valence-electron chi connectivity index (χ4n) is 4.32. The minimum Gasteiger partial charge on any atom is -0.389 e. The number of aliphatic hydroxyl groups is 1. The molecule has 0 aliphatic rings. The molecule has 0 aliphatic heterocycles. The fraction of sp³-hybridized carbons (Fsp3) is 0.214. The van der Waals surface area contributed by atoms with Crippen LogP contribution in [0.3, 0.4) is 0 Å². The van der Waals surface area contributed by atoms with Crippen LogP contribution >= 0.6 is 0 Å². The number of hydrogen-bond donors (Lipinski definition) is 1. The summed E-state index contributed by atoms with van der Waals surface area (Å²) in [4.78, 5) is 0. The van der Waals surface area contributed by atoms with Gasteiger partial charge in [0.25, 0.3) is 0 Å². The van der Waals surface area contributed by atoms with E-state index in [9.17, 15) is 5.11 Å². The Morgan fingerprint density at radius 1 is 0.552 bits per heavy atom. The summed E-state index contributed by atoms with van der Waals surface area (Å²) in [6, 6.07) is 31.9. The van der Waals surface area contributed by atoms with Gasteiger partial charge in [-0.05, 0) is 41.3 Å². The SMILES string of the molecule is Cc1cccc(CC(O)(Cc2cccc(C)c2)Cc2ccc3ccccc3c2)c1. The summed E-state index contributed by atoms with van der Waals surface area (Å²) in [6.07, 6.45) is 1.89. The van der Waals surface area contributed by atoms with Crippen LogP contribution in [-0.2, 0) is 19.3 Å². The van der Waals surface area contributed by atoms with Crippen LogP contribution in [-0.4, -0.2) is 10.7 Å². The van der Waals surface area contributed by atoms with Crippen molar-refractivity contribution in [3.05, 3.63) is 119 Å². The van der Waals surface area contributed by atoms with Gasteiger partial charge in [0.1, 0.15) is 0 Å². The summed E-state index contributed by atoms with van der Waals surface area (Å²) in [7, 11) is 0. The predicted octanol–water partition coefficient (Wildman–Crippen LogP) is 6.22. The first-order valence-corrected chi connectivity index (χ1v) is 10.3. The third-order valence-corrected chi connectivity index (χ3v) is 5.58. The molecule has 0 spiro atoms. The van der Waals surface area contributed by atoms with Crippen molar-refractivity contribution in [2.75, 3.05) is 0 Å². The van der Waals surface area contributed by atoms with Gasteiger partial charge in [-0.2, -0.15) is 0 Å². The largest absolute Gasteiger partial charge is 0.389 e. The molecular formula is C28H28O. The zero-order chi connectivity index (χ0) is 20.3. The standard InChI is InChI=1S/C28H28O/c1-21-7-5-9-23(15-21)18-28(29,19-24-10-6-8-22(2)16-24)20-25-13-14-26-11-3-4-12-27(26)17-25/h3-17,29H,18-20H2,1-2H3. The van der Waals surface area contributed by atoms with Crippen molar-refractivity contribution < 1.29 is 5.11 Å². The predicted molar refractivity (Wildman–Crippen MR) is 122 cm³/mol. The van der Waals surface area contributed by atoms with Gasteiger partial charge in [-0.25, -0.2) is 0 Å². The highest BCUT2D eigenvalue weighted by molar-refractivity contribution is 5.83. The molecule has 0 saturated carbocycles. The topological polar surface area (TPSA) is 20.2 Å². The van der Waals surface area contributed by atoms with Crippen LogP contribution in [0.25, 0.3) is 10.8 Å². The first-order valence-electron chi connectivity index (χ1n) is 10.3. The van der Waals surface area contributed by atoms with E-state index >= 15 is 0 Å². The molecule has 4 aromatic carbocycles. The van der Waals surface area contributed by atoms with Crippen LogP contribution in [0, 0.1) is 13.8 Å². The van der Waals surface area contributed by atoms with Gasteiger partial charge in [-0.3, -0.25) is 0 Å². The Kier molecular flexibility index (Phi) is 5.51. The molecule has 0 aliphatic carbocycles. The summed E-state index contributed by atoms with van der Waals surface area (Å²) in [6.45, 7) is 4.21. The Morgan fingerprint density at radius 2 is 1.07 bits per heavy atom. The van der Waals surface area contributed by atoms with E-state index in [1.807, 2.05) is 0 Å². The second-order valence-corrected chi connectivity index (χ2v) is 8.41. The van der Waals surface area contributed by atoms with E-state index in [1.54, 1.807) is 0 Å². The van der Waals surface area contributed by atoms with Gasteiger partial charge < -0.3 is 5.11 Å². The number of fused-ring (bicyclic) bond motifs is 1. The third-order valence-electron chi connectivity index (χ3n) is 5.58. The minimum absolute atomic E-state index is 0.625. The minimum atomic E-state index is -0.843. The van der Waals surface area contributed by atoms with Crippen LogP contribution in [0.4, 0.5) is 0 Å². The molecule has 0 unspecified atom stereocenters. The van der Waals surface area contributed by atoms with E-state index in [-0.39, 0.29) is 0 Å². The summed E-state index contributed by atoms with van der Waals surface area (Å²) >= 11 is 0. The van der Waals surface area contributed by atoms with E-state index < -0.39 is 5.60 Å². The number of aryl methyl sites for hydroxylation is 2. The van der Waals surface area contributed by atoms with E-state index in [2.05, 4.69) is 105 Å². The first kappa shape index (κ1) is 19.4. The molecule has 1 N–H and O–H groups in total. The summed E-state index contributed by atoms with van der Waals surface area (Å²) < 4.78 is 0. The van der Waals surface area contributed by atoms with Gasteiger partial charge >= 0.3 is 0 Å². The van der Waals surface area contributed by atoms with Gasteiger partial charge in [0, 0.05) is 19.3 Å². The highest BCUT2D eigenvalue weighted by Gasteiger charge is 2.28. The molecule has 1 heteroatoms. The van der Waals surface area contributed by atoms with E-state index in [4.69, 9.17) is 0 Å². The second kappa shape index (κ2) is 8.23. The Bertz CT molecular complexity index is 1080. The zero-order valence-electron chi connectivity index (χ0n) is 17.2. The lowest BCUT2D eigenvalue weighted by molar-refractivity contribution is 0.0411. The van der Waals surface area contributed by atoms with Crippen LogP contribution in [0.1, 0.15) is 27.8 Å². The number of benzene rings is 4. The van der Waals surface area contributed by atoms with Crippen molar-refractivity contribution in [2.45, 2.75) is 38.7 Å². The monoisotopic (exact) mass is 380 g/mol. The smallest absolute Gasteiger partial charge is 0.0768 e. The van der Waals surface area contributed by atoms with Gasteiger partial charge in [0.2, 0.25) is 0 Å². The molecule has 0 fully saturated rings. The average molecular weight is 381 g/mol. The summed E-state index contributed by atoms with van der Waals surface area (Å²) in [5, 5.41) is 14.3. The van der Waals surface area contributed by atoms with Crippen molar-refractivity contribution in [1.29, 1.82) is 0 Å². The lowest BCUT2D eigenvalue weighted by Gasteiger charge is -2.29. The Hall–Kier alpha value is -2.90. The number of rotatable bonds is 6. The van der Waals surface area contributed by atoms with Gasteiger partial charge in [0.05, 0.1) is 5.60 Å². The van der Waals surface area contributed by atoms with E-state index in [1.165, 1.54) is 38.6 Å². The van der Waals surface area contributed by atoms with Crippen molar-refractivity contribution in [1.82, 2.24) is 0 Å². The lowest BCUT2D eigenvalue weighted by Crippen LogP contribution is -2.37. The van der Waals surface area contributed by atoms with Crippen LogP contribution < -0.4 is 0 Å². The Labute approximate surface area is 173 Å². The molecule has 146 valence electrons. The zero-order valence-corrected chi connectivity index (χ0v) is 17.2. The maximum absolute atomic E-state index is 11.8. The molecule has 0 amide bonds. The average Bonchev–Trinajstić information content (AvgIpc) is 2.67. The van der Waals surface area contributed by atoms with Crippen molar-refractivity contribution >= 4 is 10.8 Å². The molecule has 0 bridgehead atoms. The molecular weight excluding hydrogens is 352 g/mol. The quantitative estimate of drug-likeness (QED) is 0.421. The fourth-order valence-corrected chi connectivity index (χ4v) is 4.32. The summed E-state index contributed by atoms with van der Waals surface area (Å²) in [5.41, 5.74) is 5.15. The lowest BCUT2D eigenvalue weighted by atomic mass is 9.82. The second-order valence-electron chi connectivity index (χ2n) is 8.41. The van der Waals surface area contributed by atoms with Crippen LogP contribution in [0.5, 0.6) is 0 Å². The maximum atomic E-state index is 11.8. The van der Waals surface area contributed by atoms with Gasteiger partial charge in [-0.1, -0.05) is 102 Å². The highest BCUT2D eigenvalue weighted by atomic mass is 16.3. The molecule has 0 atom stereocenters. The van der Waals surface area contributed by atoms with Crippen LogP contribution in [0.2, 0.25) is 0 Å². The molecule has 0 aromatic heterocycles. The molecule has 1 nitrogen and oxygen atoms in total. The highest BCUT2D eigenvalue weighted by Crippen LogP contribution is 2.26. The van der Waals surface area contributed by atoms with Crippen molar-refractivity contribution in [2.24, 2.45) is 0 Å². The number of hydrogen-bond acceptors (Lipinski definition) is 1. The van der Waals surface area contributed by atoms with E-state index in [0.717, 1.165) is 0 Å². The Morgan fingerprint density at radius 3 is 1.62 bits per heavy atom. The normalized spacial score (nSPS) is 11.7.